The zero-order valence-corrected chi connectivity index (χ0v) is 17.0. The minimum absolute atomic E-state index is 0.104. The maximum Gasteiger partial charge on any atom is 0.214 e. The molecule has 1 saturated heterocycles. The molecule has 1 unspecified atom stereocenters. The smallest absolute Gasteiger partial charge is 0.214 e. The van der Waals surface area contributed by atoms with Gasteiger partial charge in [-0.1, -0.05) is 12.1 Å². The number of rotatable bonds is 10. The fourth-order valence-corrected chi connectivity index (χ4v) is 4.03. The Morgan fingerprint density at radius 3 is 2.93 bits per heavy atom. The molecule has 0 bridgehead atoms. The number of benzene rings is 1. The topological polar surface area (TPSA) is 79.6 Å². The Morgan fingerprint density at radius 1 is 1.30 bits per heavy atom. The summed E-state index contributed by atoms with van der Waals surface area (Å²) >= 11 is 0. The molecule has 30 heavy (non-hydrogen) atoms. The Morgan fingerprint density at radius 2 is 2.20 bits per heavy atom. The average molecular weight is 416 g/mol. The zero-order valence-electron chi connectivity index (χ0n) is 17.0. The fourth-order valence-electron chi connectivity index (χ4n) is 4.03. The second kappa shape index (κ2) is 9.92. The molecule has 3 heterocycles. The first-order valence-corrected chi connectivity index (χ1v) is 10.2. The van der Waals surface area contributed by atoms with Gasteiger partial charge in [0.05, 0.1) is 25.0 Å². The van der Waals surface area contributed by atoms with Crippen LogP contribution in [0.25, 0.3) is 0 Å². The number of hydrogen-bond donors (Lipinski definition) is 1. The third-order valence-corrected chi connectivity index (χ3v) is 5.44. The van der Waals surface area contributed by atoms with Crippen molar-refractivity contribution in [3.8, 4) is 0 Å². The summed E-state index contributed by atoms with van der Waals surface area (Å²) < 4.78 is 33.4. The van der Waals surface area contributed by atoms with Crippen LogP contribution < -0.4 is 4.90 Å². The third-order valence-electron chi connectivity index (χ3n) is 5.44. The predicted octanol–water partition coefficient (Wildman–Crippen LogP) is 1.41. The number of quaternary nitrogens is 1. The summed E-state index contributed by atoms with van der Waals surface area (Å²) in [5, 5.41) is 12.3. The van der Waals surface area contributed by atoms with Gasteiger partial charge in [-0.3, -0.25) is 0 Å². The first-order chi connectivity index (χ1) is 14.8. The summed E-state index contributed by atoms with van der Waals surface area (Å²) in [6.07, 6.45) is 3.78. The number of methoxy groups -OCH3 is 1. The minimum Gasteiger partial charge on any atom is -0.463 e. The molecular weight excluding hydrogens is 389 g/mol. The molecule has 2 aromatic heterocycles. The summed E-state index contributed by atoms with van der Waals surface area (Å²) in [6.45, 7) is 2.95. The van der Waals surface area contributed by atoms with Crippen molar-refractivity contribution < 1.29 is 23.2 Å². The lowest BCUT2D eigenvalue weighted by atomic mass is 10.0. The fraction of sp³-hybridized carbons (Fsp3) is 0.476. The van der Waals surface area contributed by atoms with E-state index in [0.29, 0.717) is 37.6 Å². The Labute approximate surface area is 174 Å². The van der Waals surface area contributed by atoms with Gasteiger partial charge < -0.3 is 18.8 Å². The van der Waals surface area contributed by atoms with E-state index in [1.807, 2.05) is 18.2 Å². The number of nitrogens with zero attached hydrogens (tertiary/aromatic N) is 4. The lowest BCUT2D eigenvalue weighted by Gasteiger charge is -2.29. The van der Waals surface area contributed by atoms with Crippen LogP contribution in [-0.4, -0.2) is 53.2 Å². The van der Waals surface area contributed by atoms with E-state index in [0.717, 1.165) is 30.1 Å². The number of ether oxygens (including phenoxy) is 2. The lowest BCUT2D eigenvalue weighted by Crippen LogP contribution is -3.12. The van der Waals surface area contributed by atoms with Crippen LogP contribution in [0, 0.1) is 5.82 Å². The number of halogens is 1. The molecule has 1 fully saturated rings. The molecule has 4 rings (SSSR count). The molecule has 8 nitrogen and oxygen atoms in total. The van der Waals surface area contributed by atoms with Crippen molar-refractivity contribution in [1.29, 1.82) is 0 Å². The molecule has 3 atom stereocenters. The molecule has 0 amide bonds. The SMILES string of the molecule is COCCn1nnnc1[C@@H](c1ccccc1F)[NH+](Cc1ccco1)C[C@@H]1CCCO1. The van der Waals surface area contributed by atoms with E-state index < -0.39 is 6.04 Å². The van der Waals surface area contributed by atoms with Gasteiger partial charge in [0, 0.05) is 13.7 Å². The Balaban J connectivity index is 1.74. The number of tetrazole rings is 1. The van der Waals surface area contributed by atoms with Gasteiger partial charge in [0.15, 0.2) is 11.8 Å². The van der Waals surface area contributed by atoms with E-state index in [2.05, 4.69) is 15.5 Å². The van der Waals surface area contributed by atoms with Crippen molar-refractivity contribution in [1.82, 2.24) is 20.2 Å². The van der Waals surface area contributed by atoms with E-state index in [1.165, 1.54) is 6.07 Å². The standard InChI is InChI=1S/C21H26FN5O3/c1-28-13-10-27-21(23-24-25-27)20(18-8-2-3-9-19(18)22)26(14-16-6-4-11-29-16)15-17-7-5-12-30-17/h2-4,6,8-9,11,17,20H,5,7,10,12-15H2,1H3/p+1/t17-,20+/m0/s1. The molecule has 0 spiro atoms. The summed E-state index contributed by atoms with van der Waals surface area (Å²) in [7, 11) is 1.63. The molecular formula is C21H27FN5O3+. The van der Waals surface area contributed by atoms with Crippen LogP contribution in [0.5, 0.6) is 0 Å². The van der Waals surface area contributed by atoms with E-state index in [-0.39, 0.29) is 11.9 Å². The third kappa shape index (κ3) is 4.75. The number of furan rings is 1. The summed E-state index contributed by atoms with van der Waals surface area (Å²) in [5.74, 6) is 1.13. The molecule has 1 N–H and O–H groups in total. The molecule has 0 aliphatic carbocycles. The van der Waals surface area contributed by atoms with Gasteiger partial charge in [0.2, 0.25) is 5.82 Å². The highest BCUT2D eigenvalue weighted by Gasteiger charge is 2.36. The summed E-state index contributed by atoms with van der Waals surface area (Å²) in [5.41, 5.74) is 0.547. The molecule has 1 aromatic carbocycles. The van der Waals surface area contributed by atoms with Crippen LogP contribution in [0.15, 0.2) is 47.1 Å². The minimum atomic E-state index is -0.424. The van der Waals surface area contributed by atoms with Crippen molar-refractivity contribution in [3.05, 3.63) is 65.6 Å². The van der Waals surface area contributed by atoms with Crippen molar-refractivity contribution in [2.75, 3.05) is 26.9 Å². The molecule has 0 saturated carbocycles. The van der Waals surface area contributed by atoms with Gasteiger partial charge in [-0.25, -0.2) is 9.07 Å². The largest absolute Gasteiger partial charge is 0.463 e. The molecule has 1 aliphatic heterocycles. The zero-order chi connectivity index (χ0) is 20.8. The van der Waals surface area contributed by atoms with Crippen molar-refractivity contribution in [2.24, 2.45) is 0 Å². The maximum absolute atomic E-state index is 15.0. The van der Waals surface area contributed by atoms with Crippen LogP contribution in [0.3, 0.4) is 0 Å². The van der Waals surface area contributed by atoms with Crippen molar-refractivity contribution in [2.45, 2.75) is 38.1 Å². The van der Waals surface area contributed by atoms with Gasteiger partial charge in [-0.2, -0.15) is 0 Å². The van der Waals surface area contributed by atoms with Gasteiger partial charge in [-0.15, -0.1) is 5.10 Å². The van der Waals surface area contributed by atoms with Gasteiger partial charge >= 0.3 is 0 Å². The summed E-state index contributed by atoms with van der Waals surface area (Å²) in [4.78, 5) is 1.07. The highest BCUT2D eigenvalue weighted by atomic mass is 19.1. The monoisotopic (exact) mass is 416 g/mol. The first kappa shape index (κ1) is 20.6. The Kier molecular flexibility index (Phi) is 6.83. The average Bonchev–Trinajstić information content (AvgIpc) is 3.52. The van der Waals surface area contributed by atoms with E-state index in [1.54, 1.807) is 30.2 Å². The van der Waals surface area contributed by atoms with E-state index in [4.69, 9.17) is 13.9 Å². The molecule has 160 valence electrons. The highest BCUT2D eigenvalue weighted by Crippen LogP contribution is 2.21. The van der Waals surface area contributed by atoms with Crippen LogP contribution in [-0.2, 0) is 22.6 Å². The predicted molar refractivity (Wildman–Crippen MR) is 105 cm³/mol. The molecule has 3 aromatic rings. The van der Waals surface area contributed by atoms with E-state index >= 15 is 0 Å². The molecule has 1 aliphatic rings. The van der Waals surface area contributed by atoms with Crippen LogP contribution in [0.2, 0.25) is 0 Å². The lowest BCUT2D eigenvalue weighted by molar-refractivity contribution is -0.943. The Hall–Kier alpha value is -2.62. The summed E-state index contributed by atoms with van der Waals surface area (Å²) in [6, 6.07) is 10.2. The number of hydrogen-bond acceptors (Lipinski definition) is 6. The van der Waals surface area contributed by atoms with Crippen LogP contribution in [0.1, 0.15) is 36.0 Å². The van der Waals surface area contributed by atoms with E-state index in [9.17, 15) is 4.39 Å². The normalized spacial score (nSPS) is 18.5. The maximum atomic E-state index is 15.0. The van der Waals surface area contributed by atoms with Crippen molar-refractivity contribution >= 4 is 0 Å². The quantitative estimate of drug-likeness (QED) is 0.538. The molecule has 9 heteroatoms. The highest BCUT2D eigenvalue weighted by molar-refractivity contribution is 5.24. The van der Waals surface area contributed by atoms with Gasteiger partial charge in [0.1, 0.15) is 25.0 Å². The molecule has 0 radical (unpaired) electrons. The van der Waals surface area contributed by atoms with Crippen LogP contribution in [0.4, 0.5) is 4.39 Å². The second-order valence-corrected chi connectivity index (χ2v) is 7.46. The van der Waals surface area contributed by atoms with Gasteiger partial charge in [-0.05, 0) is 47.5 Å². The first-order valence-electron chi connectivity index (χ1n) is 10.2. The van der Waals surface area contributed by atoms with Gasteiger partial charge in [0.25, 0.3) is 0 Å². The van der Waals surface area contributed by atoms with Crippen LogP contribution >= 0.6 is 0 Å². The van der Waals surface area contributed by atoms with Crippen molar-refractivity contribution in [3.63, 3.8) is 0 Å². The Bertz CT molecular complexity index is 911. The number of nitrogens with one attached hydrogen (secondary N) is 1. The number of aromatic nitrogens is 4. The second-order valence-electron chi connectivity index (χ2n) is 7.46.